The van der Waals surface area contributed by atoms with E-state index in [-0.39, 0.29) is 0 Å². The van der Waals surface area contributed by atoms with Crippen molar-refractivity contribution in [2.24, 2.45) is 5.92 Å². The van der Waals surface area contributed by atoms with Crippen LogP contribution in [0.15, 0.2) is 48.7 Å². The maximum Gasteiger partial charge on any atom is 0.130 e. The van der Waals surface area contributed by atoms with Crippen molar-refractivity contribution < 1.29 is 9.47 Å². The second-order valence-electron chi connectivity index (χ2n) is 6.18. The highest BCUT2D eigenvalue weighted by molar-refractivity contribution is 5.28. The van der Waals surface area contributed by atoms with Crippen LogP contribution in [-0.2, 0) is 17.9 Å². The number of hydrogen-bond acceptors (Lipinski definition) is 4. The van der Waals surface area contributed by atoms with Crippen molar-refractivity contribution in [1.82, 2.24) is 9.88 Å². The molecule has 1 aliphatic heterocycles. The molecular weight excluding hydrogens is 288 g/mol. The molecule has 2 heterocycles. The van der Waals surface area contributed by atoms with Gasteiger partial charge >= 0.3 is 0 Å². The fraction of sp³-hybridized carbons (Fsp3) is 0.421. The summed E-state index contributed by atoms with van der Waals surface area (Å²) in [5, 5.41) is 0. The summed E-state index contributed by atoms with van der Waals surface area (Å²) in [6.07, 6.45) is 2.97. The lowest BCUT2D eigenvalue weighted by Gasteiger charge is -2.20. The van der Waals surface area contributed by atoms with Crippen LogP contribution >= 0.6 is 0 Å². The van der Waals surface area contributed by atoms with E-state index in [4.69, 9.17) is 9.47 Å². The van der Waals surface area contributed by atoms with Crippen molar-refractivity contribution in [2.45, 2.75) is 19.6 Å². The summed E-state index contributed by atoms with van der Waals surface area (Å²) >= 11 is 0. The van der Waals surface area contributed by atoms with E-state index in [0.29, 0.717) is 12.5 Å². The molecule has 0 N–H and O–H groups in total. The Morgan fingerprint density at radius 2 is 2.22 bits per heavy atom. The molecule has 0 saturated carbocycles. The molecular formula is C19H24N2O2. The van der Waals surface area contributed by atoms with Gasteiger partial charge in [0.05, 0.1) is 12.3 Å². The van der Waals surface area contributed by atoms with Crippen LogP contribution < -0.4 is 4.74 Å². The molecule has 1 unspecified atom stereocenters. The van der Waals surface area contributed by atoms with Crippen LogP contribution in [0.25, 0.3) is 0 Å². The summed E-state index contributed by atoms with van der Waals surface area (Å²) in [7, 11) is 2.17. The molecule has 122 valence electrons. The first kappa shape index (κ1) is 16.0. The zero-order chi connectivity index (χ0) is 15.9. The minimum Gasteiger partial charge on any atom is -0.487 e. The van der Waals surface area contributed by atoms with Crippen LogP contribution in [0, 0.1) is 5.92 Å². The molecule has 3 rings (SSSR count). The molecule has 0 spiro atoms. The molecule has 4 heteroatoms. The van der Waals surface area contributed by atoms with Gasteiger partial charge in [0.25, 0.3) is 0 Å². The number of pyridine rings is 1. The Kier molecular flexibility index (Phi) is 5.61. The fourth-order valence-corrected chi connectivity index (χ4v) is 2.92. The standard InChI is InChI=1S/C19H24N2O2/c1-21(13-17-8-10-22-14-17)12-16-5-4-7-19(11-16)23-15-18-6-2-3-9-20-18/h2-7,9,11,17H,8,10,12-15H2,1H3. The van der Waals surface area contributed by atoms with Crippen LogP contribution in [0.2, 0.25) is 0 Å². The van der Waals surface area contributed by atoms with Gasteiger partial charge in [-0.15, -0.1) is 0 Å². The number of rotatable bonds is 7. The Balaban J connectivity index is 1.52. The molecule has 1 atom stereocenters. The third kappa shape index (κ3) is 5.05. The van der Waals surface area contributed by atoms with Crippen molar-refractivity contribution in [2.75, 3.05) is 26.8 Å². The third-order valence-corrected chi connectivity index (χ3v) is 4.06. The van der Waals surface area contributed by atoms with Gasteiger partial charge in [-0.3, -0.25) is 4.98 Å². The molecule has 1 aromatic heterocycles. The zero-order valence-corrected chi connectivity index (χ0v) is 13.6. The summed E-state index contributed by atoms with van der Waals surface area (Å²) in [4.78, 5) is 6.64. The summed E-state index contributed by atoms with van der Waals surface area (Å²) in [6.45, 7) is 4.32. The summed E-state index contributed by atoms with van der Waals surface area (Å²) < 4.78 is 11.3. The lowest BCUT2D eigenvalue weighted by Crippen LogP contribution is -2.25. The highest BCUT2D eigenvalue weighted by Gasteiger charge is 2.17. The first-order chi connectivity index (χ1) is 11.3. The maximum absolute atomic E-state index is 5.85. The highest BCUT2D eigenvalue weighted by atomic mass is 16.5. The summed E-state index contributed by atoms with van der Waals surface area (Å²) in [5.74, 6) is 1.56. The first-order valence-electron chi connectivity index (χ1n) is 8.17. The SMILES string of the molecule is CN(Cc1cccc(OCc2ccccn2)c1)CC1CCOC1. The van der Waals surface area contributed by atoms with Gasteiger partial charge in [0, 0.05) is 25.9 Å². The quantitative estimate of drug-likeness (QED) is 0.787. The predicted octanol–water partition coefficient (Wildman–Crippen LogP) is 3.13. The third-order valence-electron chi connectivity index (χ3n) is 4.06. The monoisotopic (exact) mass is 312 g/mol. The van der Waals surface area contributed by atoms with Crippen LogP contribution in [0.4, 0.5) is 0 Å². The predicted molar refractivity (Wildman–Crippen MR) is 90.3 cm³/mol. The minimum atomic E-state index is 0.500. The van der Waals surface area contributed by atoms with Crippen molar-refractivity contribution >= 4 is 0 Å². The largest absolute Gasteiger partial charge is 0.487 e. The van der Waals surface area contributed by atoms with Crippen molar-refractivity contribution in [3.63, 3.8) is 0 Å². The Morgan fingerprint density at radius 1 is 1.26 bits per heavy atom. The topological polar surface area (TPSA) is 34.6 Å². The summed E-state index contributed by atoms with van der Waals surface area (Å²) in [6, 6.07) is 14.2. The second kappa shape index (κ2) is 8.09. The van der Waals surface area contributed by atoms with Gasteiger partial charge in [0.15, 0.2) is 0 Å². The molecule has 0 radical (unpaired) electrons. The zero-order valence-electron chi connectivity index (χ0n) is 13.6. The van der Waals surface area contributed by atoms with Gasteiger partial charge in [0.2, 0.25) is 0 Å². The molecule has 1 aromatic carbocycles. The van der Waals surface area contributed by atoms with E-state index < -0.39 is 0 Å². The van der Waals surface area contributed by atoms with Crippen molar-refractivity contribution in [1.29, 1.82) is 0 Å². The normalized spacial score (nSPS) is 17.6. The molecule has 2 aromatic rings. The van der Waals surface area contributed by atoms with E-state index in [1.807, 2.05) is 24.3 Å². The lowest BCUT2D eigenvalue weighted by atomic mass is 10.1. The molecule has 23 heavy (non-hydrogen) atoms. The van der Waals surface area contributed by atoms with Crippen LogP contribution in [-0.4, -0.2) is 36.7 Å². The van der Waals surface area contributed by atoms with Gasteiger partial charge in [-0.25, -0.2) is 0 Å². The highest BCUT2D eigenvalue weighted by Crippen LogP contribution is 2.18. The van der Waals surface area contributed by atoms with Gasteiger partial charge < -0.3 is 14.4 Å². The number of ether oxygens (including phenoxy) is 2. The summed E-state index contributed by atoms with van der Waals surface area (Å²) in [5.41, 5.74) is 2.21. The van der Waals surface area contributed by atoms with Gasteiger partial charge in [-0.05, 0) is 49.2 Å². The average Bonchev–Trinajstić information content (AvgIpc) is 3.07. The van der Waals surface area contributed by atoms with Gasteiger partial charge in [-0.2, -0.15) is 0 Å². The number of nitrogens with zero attached hydrogens (tertiary/aromatic N) is 2. The van der Waals surface area contributed by atoms with Crippen LogP contribution in [0.1, 0.15) is 17.7 Å². The molecule has 4 nitrogen and oxygen atoms in total. The second-order valence-corrected chi connectivity index (χ2v) is 6.18. The molecule has 0 bridgehead atoms. The van der Waals surface area contributed by atoms with E-state index in [1.54, 1.807) is 6.20 Å². The van der Waals surface area contributed by atoms with Gasteiger partial charge in [0.1, 0.15) is 12.4 Å². The molecule has 1 saturated heterocycles. The molecule has 0 amide bonds. The van der Waals surface area contributed by atoms with E-state index in [1.165, 1.54) is 12.0 Å². The Morgan fingerprint density at radius 3 is 3.00 bits per heavy atom. The van der Waals surface area contributed by atoms with Gasteiger partial charge in [-0.1, -0.05) is 18.2 Å². The van der Waals surface area contributed by atoms with Crippen LogP contribution in [0.5, 0.6) is 5.75 Å². The maximum atomic E-state index is 5.85. The van der Waals surface area contributed by atoms with E-state index in [2.05, 4.69) is 35.1 Å². The van der Waals surface area contributed by atoms with E-state index in [9.17, 15) is 0 Å². The minimum absolute atomic E-state index is 0.500. The van der Waals surface area contributed by atoms with E-state index in [0.717, 1.165) is 37.7 Å². The molecule has 0 aliphatic carbocycles. The molecule has 1 fully saturated rings. The fourth-order valence-electron chi connectivity index (χ4n) is 2.92. The first-order valence-corrected chi connectivity index (χ1v) is 8.17. The molecule has 1 aliphatic rings. The van der Waals surface area contributed by atoms with Crippen LogP contribution in [0.3, 0.4) is 0 Å². The smallest absolute Gasteiger partial charge is 0.130 e. The Bertz CT molecular complexity index is 597. The average molecular weight is 312 g/mol. The van der Waals surface area contributed by atoms with E-state index >= 15 is 0 Å². The Labute approximate surface area is 138 Å². The number of benzene rings is 1. The lowest BCUT2D eigenvalue weighted by molar-refractivity contribution is 0.173. The number of hydrogen-bond donors (Lipinski definition) is 0. The number of aromatic nitrogens is 1. The van der Waals surface area contributed by atoms with Crippen molar-refractivity contribution in [3.05, 3.63) is 59.9 Å². The van der Waals surface area contributed by atoms with Crippen molar-refractivity contribution in [3.8, 4) is 5.75 Å². The Hall–Kier alpha value is -1.91.